The average Bonchev–Trinajstić information content (AvgIpc) is 2.60. The molecule has 3 rings (SSSR count). The molecule has 23 heavy (non-hydrogen) atoms. The van der Waals surface area contributed by atoms with Crippen LogP contribution in [0, 0.1) is 0 Å². The molecule has 1 unspecified atom stereocenters. The van der Waals surface area contributed by atoms with E-state index in [2.05, 4.69) is 17.6 Å². The van der Waals surface area contributed by atoms with Gasteiger partial charge in [0.15, 0.2) is 11.5 Å². The van der Waals surface area contributed by atoms with Crippen molar-refractivity contribution in [2.75, 3.05) is 18.5 Å². The van der Waals surface area contributed by atoms with Gasteiger partial charge in [0, 0.05) is 12.2 Å². The van der Waals surface area contributed by atoms with Gasteiger partial charge in [0.25, 0.3) is 5.91 Å². The first-order valence-corrected chi connectivity index (χ1v) is 7.75. The fraction of sp³-hybridized carbons (Fsp3) is 0.278. The Morgan fingerprint density at radius 3 is 2.83 bits per heavy atom. The van der Waals surface area contributed by atoms with E-state index in [0.29, 0.717) is 11.5 Å². The van der Waals surface area contributed by atoms with Crippen LogP contribution in [-0.2, 0) is 11.3 Å². The molecule has 1 aliphatic heterocycles. The van der Waals surface area contributed by atoms with E-state index in [0.717, 1.165) is 24.3 Å². The molecule has 0 fully saturated rings. The molecule has 2 N–H and O–H groups in total. The standard InChI is InChI=1S/C18H20N2O3/c1-2-19-11-13-6-5-7-14(10-13)20-18(21)17-12-22-15-8-3-4-9-16(15)23-17/h3-10,17,19H,2,11-12H2,1H3,(H,20,21). The van der Waals surface area contributed by atoms with Crippen molar-refractivity contribution in [3.63, 3.8) is 0 Å². The van der Waals surface area contributed by atoms with Crippen LogP contribution >= 0.6 is 0 Å². The molecule has 0 radical (unpaired) electrons. The number of hydrogen-bond acceptors (Lipinski definition) is 4. The Hall–Kier alpha value is -2.53. The van der Waals surface area contributed by atoms with Gasteiger partial charge in [-0.2, -0.15) is 0 Å². The van der Waals surface area contributed by atoms with E-state index < -0.39 is 6.10 Å². The lowest BCUT2D eigenvalue weighted by molar-refractivity contribution is -0.125. The highest BCUT2D eigenvalue weighted by Gasteiger charge is 2.27. The van der Waals surface area contributed by atoms with Crippen LogP contribution < -0.4 is 20.1 Å². The summed E-state index contributed by atoms with van der Waals surface area (Å²) in [4.78, 5) is 12.4. The predicted octanol–water partition coefficient (Wildman–Crippen LogP) is 2.57. The number of para-hydroxylation sites is 2. The van der Waals surface area contributed by atoms with Crippen LogP contribution in [0.4, 0.5) is 5.69 Å². The second kappa shape index (κ2) is 7.15. The first-order valence-electron chi connectivity index (χ1n) is 7.75. The molecule has 1 atom stereocenters. The lowest BCUT2D eigenvalue weighted by atomic mass is 10.2. The molecule has 120 valence electrons. The van der Waals surface area contributed by atoms with E-state index in [1.807, 2.05) is 42.5 Å². The number of carbonyl (C=O) groups excluding carboxylic acids is 1. The molecule has 2 aromatic carbocycles. The van der Waals surface area contributed by atoms with Crippen molar-refractivity contribution in [2.45, 2.75) is 19.6 Å². The average molecular weight is 312 g/mol. The Morgan fingerprint density at radius 1 is 1.17 bits per heavy atom. The van der Waals surface area contributed by atoms with Crippen LogP contribution in [0.2, 0.25) is 0 Å². The van der Waals surface area contributed by atoms with Crippen molar-refractivity contribution in [3.8, 4) is 11.5 Å². The number of hydrogen-bond donors (Lipinski definition) is 2. The zero-order valence-electron chi connectivity index (χ0n) is 13.0. The van der Waals surface area contributed by atoms with Gasteiger partial charge in [-0.3, -0.25) is 4.79 Å². The molecule has 0 saturated heterocycles. The quantitative estimate of drug-likeness (QED) is 0.891. The van der Waals surface area contributed by atoms with Crippen molar-refractivity contribution in [2.24, 2.45) is 0 Å². The lowest BCUT2D eigenvalue weighted by Gasteiger charge is -2.25. The first-order chi connectivity index (χ1) is 11.3. The molecular formula is C18H20N2O3. The van der Waals surface area contributed by atoms with Gasteiger partial charge in [-0.15, -0.1) is 0 Å². The van der Waals surface area contributed by atoms with E-state index in [1.54, 1.807) is 6.07 Å². The van der Waals surface area contributed by atoms with Gasteiger partial charge in [-0.1, -0.05) is 31.2 Å². The van der Waals surface area contributed by atoms with Crippen molar-refractivity contribution < 1.29 is 14.3 Å². The van der Waals surface area contributed by atoms with Gasteiger partial charge >= 0.3 is 0 Å². The summed E-state index contributed by atoms with van der Waals surface area (Å²) < 4.78 is 11.3. The van der Waals surface area contributed by atoms with E-state index in [-0.39, 0.29) is 12.5 Å². The zero-order chi connectivity index (χ0) is 16.1. The third-order valence-corrected chi connectivity index (χ3v) is 3.57. The van der Waals surface area contributed by atoms with E-state index in [1.165, 1.54) is 0 Å². The van der Waals surface area contributed by atoms with Crippen LogP contribution in [-0.4, -0.2) is 25.2 Å². The predicted molar refractivity (Wildman–Crippen MR) is 88.8 cm³/mol. The second-order valence-electron chi connectivity index (χ2n) is 5.33. The number of ether oxygens (including phenoxy) is 2. The van der Waals surface area contributed by atoms with Crippen LogP contribution in [0.15, 0.2) is 48.5 Å². The maximum Gasteiger partial charge on any atom is 0.269 e. The highest BCUT2D eigenvalue weighted by Crippen LogP contribution is 2.31. The Kier molecular flexibility index (Phi) is 4.78. The van der Waals surface area contributed by atoms with E-state index in [9.17, 15) is 4.79 Å². The van der Waals surface area contributed by atoms with Gasteiger partial charge in [0.05, 0.1) is 0 Å². The van der Waals surface area contributed by atoms with Crippen LogP contribution in [0.25, 0.3) is 0 Å². The van der Waals surface area contributed by atoms with Crippen molar-refractivity contribution in [1.82, 2.24) is 5.32 Å². The third-order valence-electron chi connectivity index (χ3n) is 3.57. The molecule has 1 heterocycles. The Labute approximate surface area is 135 Å². The maximum absolute atomic E-state index is 12.4. The summed E-state index contributed by atoms with van der Waals surface area (Å²) in [6.07, 6.45) is -0.651. The van der Waals surface area contributed by atoms with Crippen molar-refractivity contribution >= 4 is 11.6 Å². The summed E-state index contributed by atoms with van der Waals surface area (Å²) in [7, 11) is 0. The Balaban J connectivity index is 1.64. The molecular weight excluding hydrogens is 292 g/mol. The number of rotatable bonds is 5. The van der Waals surface area contributed by atoms with Gasteiger partial charge in [0.2, 0.25) is 6.10 Å². The minimum absolute atomic E-state index is 0.208. The first kappa shape index (κ1) is 15.4. The number of anilines is 1. The van der Waals surface area contributed by atoms with Gasteiger partial charge in [-0.25, -0.2) is 0 Å². The number of amides is 1. The third kappa shape index (κ3) is 3.81. The molecule has 5 heteroatoms. The minimum Gasteiger partial charge on any atom is -0.485 e. The fourth-order valence-electron chi connectivity index (χ4n) is 2.40. The van der Waals surface area contributed by atoms with E-state index >= 15 is 0 Å². The van der Waals surface area contributed by atoms with Crippen molar-refractivity contribution in [3.05, 3.63) is 54.1 Å². The molecule has 0 bridgehead atoms. The van der Waals surface area contributed by atoms with Crippen LogP contribution in [0.3, 0.4) is 0 Å². The summed E-state index contributed by atoms with van der Waals surface area (Å²) in [5.41, 5.74) is 1.88. The monoisotopic (exact) mass is 312 g/mol. The maximum atomic E-state index is 12.4. The molecule has 0 aromatic heterocycles. The van der Waals surface area contributed by atoms with Crippen molar-refractivity contribution in [1.29, 1.82) is 0 Å². The topological polar surface area (TPSA) is 59.6 Å². The van der Waals surface area contributed by atoms with Gasteiger partial charge in [0.1, 0.15) is 6.61 Å². The normalized spacial score (nSPS) is 16.0. The zero-order valence-corrected chi connectivity index (χ0v) is 13.0. The SMILES string of the molecule is CCNCc1cccc(NC(=O)C2COc3ccccc3O2)c1. The summed E-state index contributed by atoms with van der Waals surface area (Å²) >= 11 is 0. The Morgan fingerprint density at radius 2 is 2.00 bits per heavy atom. The van der Waals surface area contributed by atoms with Gasteiger partial charge in [-0.05, 0) is 36.4 Å². The Bertz CT molecular complexity index is 687. The molecule has 0 saturated carbocycles. The number of benzene rings is 2. The fourth-order valence-corrected chi connectivity index (χ4v) is 2.40. The summed E-state index contributed by atoms with van der Waals surface area (Å²) in [5.74, 6) is 1.06. The van der Waals surface area contributed by atoms with Crippen LogP contribution in [0.1, 0.15) is 12.5 Å². The van der Waals surface area contributed by atoms with Crippen LogP contribution in [0.5, 0.6) is 11.5 Å². The number of fused-ring (bicyclic) bond motifs is 1. The molecule has 1 amide bonds. The summed E-state index contributed by atoms with van der Waals surface area (Å²) in [5, 5.41) is 6.15. The van der Waals surface area contributed by atoms with Gasteiger partial charge < -0.3 is 20.1 Å². The highest BCUT2D eigenvalue weighted by atomic mass is 16.6. The summed E-state index contributed by atoms with van der Waals surface area (Å²) in [6, 6.07) is 15.1. The summed E-state index contributed by atoms with van der Waals surface area (Å²) in [6.45, 7) is 3.95. The minimum atomic E-state index is -0.651. The molecule has 1 aliphatic rings. The van der Waals surface area contributed by atoms with E-state index in [4.69, 9.17) is 9.47 Å². The number of carbonyl (C=O) groups is 1. The number of nitrogens with one attached hydrogen (secondary N) is 2. The largest absolute Gasteiger partial charge is 0.485 e. The smallest absolute Gasteiger partial charge is 0.269 e. The lowest BCUT2D eigenvalue weighted by Crippen LogP contribution is -2.40. The highest BCUT2D eigenvalue weighted by molar-refractivity contribution is 5.94. The molecule has 0 aliphatic carbocycles. The molecule has 5 nitrogen and oxygen atoms in total. The molecule has 2 aromatic rings. The second-order valence-corrected chi connectivity index (χ2v) is 5.33. The molecule has 0 spiro atoms.